The molecule has 1 aliphatic heterocycles. The number of hydrogen-bond donors (Lipinski definition) is 1. The molecule has 6 nitrogen and oxygen atoms in total. The minimum absolute atomic E-state index is 0.0578. The topological polar surface area (TPSA) is 71.1 Å². The molecule has 6 heteroatoms. The molecule has 0 aliphatic carbocycles. The summed E-state index contributed by atoms with van der Waals surface area (Å²) in [5.41, 5.74) is 2.78. The second kappa shape index (κ2) is 7.00. The summed E-state index contributed by atoms with van der Waals surface area (Å²) < 4.78 is 5.21. The molecular formula is C20H20N4O2. The van der Waals surface area contributed by atoms with Crippen molar-refractivity contribution in [3.8, 4) is 17.1 Å². The van der Waals surface area contributed by atoms with Crippen LogP contribution in [-0.4, -0.2) is 46.2 Å². The summed E-state index contributed by atoms with van der Waals surface area (Å²) in [6, 6.07) is 15.6. The first-order valence-electron chi connectivity index (χ1n) is 8.63. The van der Waals surface area contributed by atoms with Crippen LogP contribution in [-0.2, 0) is 0 Å². The fourth-order valence-electron chi connectivity index (χ4n) is 3.42. The zero-order valence-electron chi connectivity index (χ0n) is 14.6. The summed E-state index contributed by atoms with van der Waals surface area (Å²) in [7, 11) is 1.66. The Morgan fingerprint density at radius 2 is 2.08 bits per heavy atom. The molecule has 1 amide bonds. The summed E-state index contributed by atoms with van der Waals surface area (Å²) in [4.78, 5) is 19.0. The molecule has 132 valence electrons. The zero-order valence-corrected chi connectivity index (χ0v) is 14.6. The van der Waals surface area contributed by atoms with Crippen LogP contribution in [0.25, 0.3) is 11.4 Å². The molecule has 2 heterocycles. The molecule has 0 saturated carbocycles. The predicted octanol–water partition coefficient (Wildman–Crippen LogP) is 3.11. The maximum atomic E-state index is 12.9. The quantitative estimate of drug-likeness (QED) is 0.786. The van der Waals surface area contributed by atoms with Crippen LogP contribution in [0.2, 0.25) is 0 Å². The number of nitrogens with one attached hydrogen (secondary N) is 1. The largest absolute Gasteiger partial charge is 0.497 e. The molecule has 1 N–H and O–H groups in total. The molecule has 0 spiro atoms. The Kier molecular flexibility index (Phi) is 4.39. The van der Waals surface area contributed by atoms with Crippen LogP contribution in [0.15, 0.2) is 54.9 Å². The number of rotatable bonds is 4. The standard InChI is InChI=1S/C20H20N4O2/c1-26-18-7-5-14(6-8-18)17-9-10-24(12-17)20(25)16-4-2-3-15(11-16)19-21-13-22-23-19/h2-8,11,13,17H,9-10,12H2,1H3,(H,21,22,23). The van der Waals surface area contributed by atoms with Gasteiger partial charge < -0.3 is 9.64 Å². The van der Waals surface area contributed by atoms with Crippen LogP contribution >= 0.6 is 0 Å². The molecule has 1 fully saturated rings. The van der Waals surface area contributed by atoms with E-state index in [2.05, 4.69) is 27.3 Å². The lowest BCUT2D eigenvalue weighted by molar-refractivity contribution is 0.0791. The number of carbonyl (C=O) groups excluding carboxylic acids is 1. The Labute approximate surface area is 151 Å². The Balaban J connectivity index is 1.48. The highest BCUT2D eigenvalue weighted by Gasteiger charge is 2.28. The first-order chi connectivity index (χ1) is 12.7. The van der Waals surface area contributed by atoms with Gasteiger partial charge in [-0.25, -0.2) is 4.98 Å². The summed E-state index contributed by atoms with van der Waals surface area (Å²) in [6.45, 7) is 1.50. The fourth-order valence-corrected chi connectivity index (χ4v) is 3.42. The average molecular weight is 348 g/mol. The van der Waals surface area contributed by atoms with Crippen molar-refractivity contribution in [2.24, 2.45) is 0 Å². The molecule has 4 rings (SSSR count). The lowest BCUT2D eigenvalue weighted by Crippen LogP contribution is -2.28. The maximum absolute atomic E-state index is 12.9. The highest BCUT2D eigenvalue weighted by Crippen LogP contribution is 2.29. The first kappa shape index (κ1) is 16.3. The van der Waals surface area contributed by atoms with Crippen molar-refractivity contribution >= 4 is 5.91 Å². The molecule has 26 heavy (non-hydrogen) atoms. The highest BCUT2D eigenvalue weighted by atomic mass is 16.5. The van der Waals surface area contributed by atoms with Crippen LogP contribution in [0.3, 0.4) is 0 Å². The van der Waals surface area contributed by atoms with Gasteiger partial charge in [0.15, 0.2) is 5.82 Å². The first-order valence-corrected chi connectivity index (χ1v) is 8.63. The number of nitrogens with zero attached hydrogens (tertiary/aromatic N) is 3. The number of ether oxygens (including phenoxy) is 1. The zero-order chi connectivity index (χ0) is 17.9. The minimum atomic E-state index is 0.0578. The Morgan fingerprint density at radius 3 is 2.81 bits per heavy atom. The smallest absolute Gasteiger partial charge is 0.253 e. The van der Waals surface area contributed by atoms with E-state index in [-0.39, 0.29) is 5.91 Å². The number of H-pyrrole nitrogens is 1. The van der Waals surface area contributed by atoms with Gasteiger partial charge in [-0.3, -0.25) is 9.89 Å². The van der Waals surface area contributed by atoms with Gasteiger partial charge in [0, 0.05) is 30.1 Å². The van der Waals surface area contributed by atoms with Crippen LogP contribution in [0, 0.1) is 0 Å². The van der Waals surface area contributed by atoms with Crippen molar-refractivity contribution in [3.05, 3.63) is 66.0 Å². The van der Waals surface area contributed by atoms with E-state index < -0.39 is 0 Å². The van der Waals surface area contributed by atoms with Gasteiger partial charge in [0.1, 0.15) is 12.1 Å². The highest BCUT2D eigenvalue weighted by molar-refractivity contribution is 5.95. The minimum Gasteiger partial charge on any atom is -0.497 e. The van der Waals surface area contributed by atoms with Gasteiger partial charge in [0.2, 0.25) is 0 Å². The van der Waals surface area contributed by atoms with E-state index in [1.807, 2.05) is 41.3 Å². The van der Waals surface area contributed by atoms with Gasteiger partial charge in [-0.05, 0) is 36.2 Å². The second-order valence-corrected chi connectivity index (χ2v) is 6.42. The fraction of sp³-hybridized carbons (Fsp3) is 0.250. The third kappa shape index (κ3) is 3.18. The number of amides is 1. The Bertz CT molecular complexity index is 890. The molecule has 1 aromatic heterocycles. The van der Waals surface area contributed by atoms with Crippen LogP contribution < -0.4 is 4.74 Å². The maximum Gasteiger partial charge on any atom is 0.253 e. The van der Waals surface area contributed by atoms with Crippen molar-refractivity contribution in [2.45, 2.75) is 12.3 Å². The summed E-state index contributed by atoms with van der Waals surface area (Å²) >= 11 is 0. The van der Waals surface area contributed by atoms with E-state index in [1.54, 1.807) is 7.11 Å². The molecule has 0 bridgehead atoms. The van der Waals surface area contributed by atoms with E-state index >= 15 is 0 Å². The lowest BCUT2D eigenvalue weighted by atomic mass is 9.98. The van der Waals surface area contributed by atoms with Gasteiger partial charge >= 0.3 is 0 Å². The molecule has 1 aliphatic rings. The van der Waals surface area contributed by atoms with Gasteiger partial charge in [0.05, 0.1) is 7.11 Å². The van der Waals surface area contributed by atoms with Gasteiger partial charge in [-0.2, -0.15) is 5.10 Å². The third-order valence-corrected chi connectivity index (χ3v) is 4.86. The van der Waals surface area contributed by atoms with Crippen molar-refractivity contribution in [1.82, 2.24) is 20.1 Å². The molecular weight excluding hydrogens is 328 g/mol. The van der Waals surface area contributed by atoms with Gasteiger partial charge in [-0.1, -0.05) is 24.3 Å². The van der Waals surface area contributed by atoms with E-state index in [4.69, 9.17) is 4.74 Å². The summed E-state index contributed by atoms with van der Waals surface area (Å²) in [6.07, 6.45) is 2.43. The van der Waals surface area contributed by atoms with E-state index in [1.165, 1.54) is 11.9 Å². The summed E-state index contributed by atoms with van der Waals surface area (Å²) in [5.74, 6) is 1.94. The normalized spacial score (nSPS) is 16.7. The molecule has 2 aromatic carbocycles. The number of aromatic amines is 1. The average Bonchev–Trinajstić information content (AvgIpc) is 3.40. The van der Waals surface area contributed by atoms with Crippen molar-refractivity contribution < 1.29 is 9.53 Å². The molecule has 1 unspecified atom stereocenters. The van der Waals surface area contributed by atoms with Crippen molar-refractivity contribution in [3.63, 3.8) is 0 Å². The van der Waals surface area contributed by atoms with Crippen molar-refractivity contribution in [1.29, 1.82) is 0 Å². The SMILES string of the molecule is COc1ccc(C2CCN(C(=O)c3cccc(-c4ncn[nH]4)c3)C2)cc1. The number of methoxy groups -OCH3 is 1. The number of hydrogen-bond acceptors (Lipinski definition) is 4. The predicted molar refractivity (Wildman–Crippen MR) is 98.1 cm³/mol. The van der Waals surface area contributed by atoms with E-state index in [9.17, 15) is 4.79 Å². The molecule has 0 radical (unpaired) electrons. The van der Waals surface area contributed by atoms with Gasteiger partial charge in [0.25, 0.3) is 5.91 Å². The number of likely N-dealkylation sites (tertiary alicyclic amines) is 1. The van der Waals surface area contributed by atoms with Crippen LogP contribution in [0.4, 0.5) is 0 Å². The molecule has 1 atom stereocenters. The van der Waals surface area contributed by atoms with Crippen LogP contribution in [0.5, 0.6) is 5.75 Å². The third-order valence-electron chi connectivity index (χ3n) is 4.86. The van der Waals surface area contributed by atoms with Crippen molar-refractivity contribution in [2.75, 3.05) is 20.2 Å². The number of aromatic nitrogens is 3. The Hall–Kier alpha value is -3.15. The van der Waals surface area contributed by atoms with E-state index in [0.717, 1.165) is 30.8 Å². The molecule has 1 saturated heterocycles. The monoisotopic (exact) mass is 348 g/mol. The Morgan fingerprint density at radius 1 is 1.23 bits per heavy atom. The second-order valence-electron chi connectivity index (χ2n) is 6.42. The lowest BCUT2D eigenvalue weighted by Gasteiger charge is -2.17. The number of benzene rings is 2. The number of carbonyl (C=O) groups is 1. The van der Waals surface area contributed by atoms with Crippen LogP contribution in [0.1, 0.15) is 28.3 Å². The molecule has 3 aromatic rings. The van der Waals surface area contributed by atoms with E-state index in [0.29, 0.717) is 17.3 Å². The summed E-state index contributed by atoms with van der Waals surface area (Å²) in [5, 5.41) is 6.70. The van der Waals surface area contributed by atoms with Gasteiger partial charge in [-0.15, -0.1) is 0 Å².